The van der Waals surface area contributed by atoms with Gasteiger partial charge in [0.25, 0.3) is 0 Å². The molecule has 2 N–H and O–H groups in total. The number of hydrogen-bond acceptors (Lipinski definition) is 5. The number of hydrogen-bond donors (Lipinski definition) is 2. The normalized spacial score (nSPS) is 12.2. The van der Waals surface area contributed by atoms with Crippen molar-refractivity contribution in [1.82, 2.24) is 9.55 Å². The topological polar surface area (TPSA) is 92.4 Å². The second kappa shape index (κ2) is 9.20. The van der Waals surface area contributed by atoms with Gasteiger partial charge in [-0.05, 0) is 60.9 Å². The molecule has 1 heterocycles. The van der Waals surface area contributed by atoms with Crippen LogP contribution < -0.4 is 0 Å². The minimum absolute atomic E-state index is 0.0704. The Labute approximate surface area is 206 Å². The molecule has 0 aliphatic rings. The average molecular weight is 517 g/mol. The molecular weight excluding hydrogens is 493 g/mol. The summed E-state index contributed by atoms with van der Waals surface area (Å²) in [5, 5.41) is 19.9. The molecule has 0 amide bonds. The maximum absolute atomic E-state index is 15.4. The largest absolute Gasteiger partial charge is 0.392 e. The molecule has 3 aromatic carbocycles. The van der Waals surface area contributed by atoms with Gasteiger partial charge in [0.15, 0.2) is 15.7 Å². The van der Waals surface area contributed by atoms with Crippen molar-refractivity contribution < 1.29 is 31.8 Å². The van der Waals surface area contributed by atoms with Crippen LogP contribution in [0.3, 0.4) is 0 Å². The lowest BCUT2D eigenvalue weighted by Gasteiger charge is -2.13. The van der Waals surface area contributed by atoms with Gasteiger partial charge in [-0.1, -0.05) is 24.3 Å². The van der Waals surface area contributed by atoms with Gasteiger partial charge >= 0.3 is 0 Å². The summed E-state index contributed by atoms with van der Waals surface area (Å²) in [6.45, 7) is 2.40. The fourth-order valence-corrected chi connectivity index (χ4v) is 4.79. The smallest absolute Gasteiger partial charge is 0.175 e. The quantitative estimate of drug-likeness (QED) is 0.386. The third kappa shape index (κ3) is 4.79. The Hall–Kier alpha value is -3.47. The molecular formula is C26H23F3N2O4S. The Balaban J connectivity index is 1.88. The highest BCUT2D eigenvalue weighted by molar-refractivity contribution is 7.90. The lowest BCUT2D eigenvalue weighted by atomic mass is 10.0. The van der Waals surface area contributed by atoms with Crippen LogP contribution in [0.2, 0.25) is 0 Å². The molecule has 10 heteroatoms. The van der Waals surface area contributed by atoms with Crippen LogP contribution in [0.25, 0.3) is 28.2 Å². The third-order valence-electron chi connectivity index (χ3n) is 5.70. The summed E-state index contributed by atoms with van der Waals surface area (Å²) >= 11 is 0. The lowest BCUT2D eigenvalue weighted by Crippen LogP contribution is -2.15. The summed E-state index contributed by atoms with van der Waals surface area (Å²) in [4.78, 5) is 4.13. The van der Waals surface area contributed by atoms with Crippen molar-refractivity contribution in [2.45, 2.75) is 31.0 Å². The molecule has 1 aromatic heterocycles. The molecule has 0 aliphatic heterocycles. The van der Waals surface area contributed by atoms with Crippen LogP contribution in [-0.4, -0.2) is 34.4 Å². The Kier molecular flexibility index (Phi) is 6.54. The van der Waals surface area contributed by atoms with Crippen LogP contribution in [0, 0.1) is 17.5 Å². The van der Waals surface area contributed by atoms with Gasteiger partial charge in [0.05, 0.1) is 28.4 Å². The third-order valence-corrected chi connectivity index (χ3v) is 6.88. The van der Waals surface area contributed by atoms with Gasteiger partial charge in [0.2, 0.25) is 0 Å². The molecule has 4 aromatic rings. The van der Waals surface area contributed by atoms with Crippen molar-refractivity contribution in [2.75, 3.05) is 6.26 Å². The SMILES string of the molecule is CC(C)(O)c1cn(-c2ccc(-c3ccc(CO)c(S(C)(=O)=O)c3)cc2F)c(-c2c(F)cccc2F)n1. The number of imidazole rings is 1. The Morgan fingerprint density at radius 1 is 0.944 bits per heavy atom. The summed E-state index contributed by atoms with van der Waals surface area (Å²) in [7, 11) is -3.65. The molecule has 0 atom stereocenters. The van der Waals surface area contributed by atoms with Crippen molar-refractivity contribution >= 4 is 9.84 Å². The van der Waals surface area contributed by atoms with E-state index < -0.39 is 45.1 Å². The van der Waals surface area contributed by atoms with Gasteiger partial charge in [0.1, 0.15) is 23.1 Å². The maximum atomic E-state index is 15.4. The second-order valence-corrected chi connectivity index (χ2v) is 10.9. The van der Waals surface area contributed by atoms with Crippen molar-refractivity contribution in [3.8, 4) is 28.2 Å². The van der Waals surface area contributed by atoms with Crippen LogP contribution in [0.15, 0.2) is 65.7 Å². The van der Waals surface area contributed by atoms with E-state index in [0.29, 0.717) is 11.1 Å². The fraction of sp³-hybridized carbons (Fsp3) is 0.192. The van der Waals surface area contributed by atoms with E-state index in [9.17, 15) is 27.4 Å². The van der Waals surface area contributed by atoms with E-state index in [2.05, 4.69) is 4.98 Å². The van der Waals surface area contributed by atoms with Gasteiger partial charge in [-0.2, -0.15) is 0 Å². The first-order chi connectivity index (χ1) is 16.8. The summed E-state index contributed by atoms with van der Waals surface area (Å²) < 4.78 is 70.1. The molecule has 188 valence electrons. The zero-order valence-electron chi connectivity index (χ0n) is 19.6. The van der Waals surface area contributed by atoms with E-state index in [1.807, 2.05) is 0 Å². The van der Waals surface area contributed by atoms with E-state index in [4.69, 9.17) is 0 Å². The molecule has 0 spiro atoms. The molecule has 0 bridgehead atoms. The van der Waals surface area contributed by atoms with E-state index >= 15 is 4.39 Å². The van der Waals surface area contributed by atoms with Crippen molar-refractivity contribution in [3.63, 3.8) is 0 Å². The van der Waals surface area contributed by atoms with E-state index in [1.54, 1.807) is 6.07 Å². The Bertz CT molecular complexity index is 1550. The monoisotopic (exact) mass is 516 g/mol. The lowest BCUT2D eigenvalue weighted by molar-refractivity contribution is 0.0743. The number of aliphatic hydroxyl groups excluding tert-OH is 1. The molecule has 6 nitrogen and oxygen atoms in total. The first-order valence-corrected chi connectivity index (χ1v) is 12.7. The Morgan fingerprint density at radius 2 is 1.56 bits per heavy atom. The highest BCUT2D eigenvalue weighted by Gasteiger charge is 2.27. The van der Waals surface area contributed by atoms with Crippen LogP contribution in [-0.2, 0) is 22.0 Å². The Morgan fingerprint density at radius 3 is 2.11 bits per heavy atom. The van der Waals surface area contributed by atoms with Crippen molar-refractivity contribution in [2.24, 2.45) is 0 Å². The van der Waals surface area contributed by atoms with Crippen LogP contribution >= 0.6 is 0 Å². The summed E-state index contributed by atoms with van der Waals surface area (Å²) in [6.07, 6.45) is 2.31. The molecule has 36 heavy (non-hydrogen) atoms. The van der Waals surface area contributed by atoms with Gasteiger partial charge in [-0.3, -0.25) is 4.57 Å². The number of sulfone groups is 1. The first-order valence-electron chi connectivity index (χ1n) is 10.8. The molecule has 0 unspecified atom stereocenters. The molecule has 0 radical (unpaired) electrons. The molecule has 4 rings (SSSR count). The van der Waals surface area contributed by atoms with Crippen molar-refractivity contribution in [3.05, 3.63) is 89.5 Å². The zero-order chi connectivity index (χ0) is 26.4. The predicted molar refractivity (Wildman–Crippen MR) is 129 cm³/mol. The number of halogens is 3. The molecule has 0 aliphatic carbocycles. The summed E-state index contributed by atoms with van der Waals surface area (Å²) in [5.74, 6) is -2.82. The minimum Gasteiger partial charge on any atom is -0.392 e. The number of benzene rings is 3. The van der Waals surface area contributed by atoms with Crippen molar-refractivity contribution in [1.29, 1.82) is 0 Å². The minimum atomic E-state index is -3.65. The van der Waals surface area contributed by atoms with Crippen LogP contribution in [0.1, 0.15) is 25.1 Å². The molecule has 0 fully saturated rings. The number of aliphatic hydroxyl groups is 2. The standard InChI is InChI=1S/C26H23F3N2O4S/c1-26(2,33)23-13-31(25(30-23)24-18(27)5-4-6-19(24)28)21-10-9-15(11-20(21)29)16-7-8-17(14-32)22(12-16)36(3,34)35/h4-13,32-33H,14H2,1-3H3. The predicted octanol–water partition coefficient (Wildman–Crippen LogP) is 4.75. The highest BCUT2D eigenvalue weighted by Crippen LogP contribution is 2.33. The molecule has 0 saturated carbocycles. The number of nitrogens with zero attached hydrogens (tertiary/aromatic N) is 2. The average Bonchev–Trinajstić information content (AvgIpc) is 3.23. The fourth-order valence-electron chi connectivity index (χ4n) is 3.84. The van der Waals surface area contributed by atoms with Gasteiger partial charge in [-0.25, -0.2) is 26.6 Å². The van der Waals surface area contributed by atoms with Gasteiger partial charge in [0, 0.05) is 12.5 Å². The second-order valence-electron chi connectivity index (χ2n) is 8.89. The first kappa shape index (κ1) is 25.6. The summed E-state index contributed by atoms with van der Waals surface area (Å²) in [6, 6.07) is 11.7. The molecule has 0 saturated heterocycles. The van der Waals surface area contributed by atoms with Crippen LogP contribution in [0.5, 0.6) is 0 Å². The van der Waals surface area contributed by atoms with E-state index in [-0.39, 0.29) is 27.7 Å². The van der Waals surface area contributed by atoms with E-state index in [0.717, 1.165) is 29.0 Å². The highest BCUT2D eigenvalue weighted by atomic mass is 32.2. The van der Waals surface area contributed by atoms with Gasteiger partial charge in [-0.15, -0.1) is 0 Å². The number of rotatable bonds is 6. The van der Waals surface area contributed by atoms with Gasteiger partial charge < -0.3 is 10.2 Å². The maximum Gasteiger partial charge on any atom is 0.175 e. The number of aromatic nitrogens is 2. The van der Waals surface area contributed by atoms with Crippen LogP contribution in [0.4, 0.5) is 13.2 Å². The zero-order valence-corrected chi connectivity index (χ0v) is 20.4. The van der Waals surface area contributed by atoms with E-state index in [1.165, 1.54) is 50.4 Å². The summed E-state index contributed by atoms with van der Waals surface area (Å²) in [5.41, 5.74) is -1.03.